The van der Waals surface area contributed by atoms with E-state index in [1.165, 1.54) is 24.4 Å². The Hall–Kier alpha value is -4.06. The smallest absolute Gasteiger partial charge is 0.368 e. The number of aromatic nitrogens is 3. The Morgan fingerprint density at radius 3 is 2.60 bits per heavy atom. The van der Waals surface area contributed by atoms with Crippen LogP contribution in [-0.4, -0.2) is 51.1 Å². The van der Waals surface area contributed by atoms with Gasteiger partial charge in [-0.2, -0.15) is 18.2 Å². The number of halogens is 3. The molecular weight excluding hydrogens is 465 g/mol. The largest absolute Gasteiger partial charge is 0.416 e. The van der Waals surface area contributed by atoms with Gasteiger partial charge in [0.1, 0.15) is 0 Å². The summed E-state index contributed by atoms with van der Waals surface area (Å²) in [4.78, 5) is 23.5. The van der Waals surface area contributed by atoms with Crippen molar-refractivity contribution in [3.8, 4) is 11.4 Å². The molecule has 0 bridgehead atoms. The zero-order chi connectivity index (χ0) is 24.6. The van der Waals surface area contributed by atoms with Crippen molar-refractivity contribution in [3.63, 3.8) is 0 Å². The van der Waals surface area contributed by atoms with Crippen LogP contribution in [0.1, 0.15) is 11.5 Å². The second kappa shape index (κ2) is 8.95. The van der Waals surface area contributed by atoms with Crippen LogP contribution in [0.5, 0.6) is 0 Å². The fourth-order valence-electron chi connectivity index (χ4n) is 4.20. The monoisotopic (exact) mass is 484 g/mol. The first-order chi connectivity index (χ1) is 16.8. The summed E-state index contributed by atoms with van der Waals surface area (Å²) in [5.74, 6) is 0.424. The molecule has 2 aromatic carbocycles. The Morgan fingerprint density at radius 2 is 1.86 bits per heavy atom. The van der Waals surface area contributed by atoms with Crippen LogP contribution in [0.15, 0.2) is 59.4 Å². The Morgan fingerprint density at radius 1 is 1.06 bits per heavy atom. The molecule has 5 rings (SSSR count). The van der Waals surface area contributed by atoms with Crippen molar-refractivity contribution >= 4 is 22.1 Å². The van der Waals surface area contributed by atoms with Crippen LogP contribution in [0.3, 0.4) is 0 Å². The second-order valence-corrected chi connectivity index (χ2v) is 8.14. The van der Waals surface area contributed by atoms with E-state index in [2.05, 4.69) is 24.9 Å². The number of nitrogens with zero attached hydrogens (tertiary/aromatic N) is 6. The lowest BCUT2D eigenvalue weighted by Crippen LogP contribution is -2.46. The highest BCUT2D eigenvalue weighted by atomic mass is 19.4. The van der Waals surface area contributed by atoms with Crippen molar-refractivity contribution in [1.82, 2.24) is 20.0 Å². The number of hydrogen-bond donors (Lipinski definition) is 0. The maximum atomic E-state index is 13.0. The quantitative estimate of drug-likeness (QED) is 0.301. The van der Waals surface area contributed by atoms with Crippen molar-refractivity contribution < 1.29 is 22.6 Å². The zero-order valence-corrected chi connectivity index (χ0v) is 18.3. The van der Waals surface area contributed by atoms with E-state index in [9.17, 15) is 23.3 Å². The fourth-order valence-corrected chi connectivity index (χ4v) is 4.20. The minimum absolute atomic E-state index is 0.0171. The van der Waals surface area contributed by atoms with Gasteiger partial charge in [-0.1, -0.05) is 17.3 Å². The van der Waals surface area contributed by atoms with Gasteiger partial charge in [-0.3, -0.25) is 20.0 Å². The lowest BCUT2D eigenvalue weighted by atomic mass is 10.1. The predicted molar refractivity (Wildman–Crippen MR) is 121 cm³/mol. The maximum Gasteiger partial charge on any atom is 0.416 e. The normalized spacial score (nSPS) is 15.0. The zero-order valence-electron chi connectivity index (χ0n) is 18.3. The summed E-state index contributed by atoms with van der Waals surface area (Å²) in [7, 11) is 0. The highest BCUT2D eigenvalue weighted by Crippen LogP contribution is 2.34. The third-order valence-corrected chi connectivity index (χ3v) is 5.96. The molecule has 12 heteroatoms. The fraction of sp³-hybridized carbons (Fsp3) is 0.261. The van der Waals surface area contributed by atoms with Crippen molar-refractivity contribution in [3.05, 3.63) is 76.4 Å². The van der Waals surface area contributed by atoms with Crippen LogP contribution in [0.4, 0.5) is 24.5 Å². The van der Waals surface area contributed by atoms with Gasteiger partial charge in [-0.15, -0.1) is 0 Å². The molecule has 0 radical (unpaired) electrons. The first-order valence-corrected chi connectivity index (χ1v) is 10.8. The van der Waals surface area contributed by atoms with Gasteiger partial charge in [0.05, 0.1) is 22.4 Å². The molecule has 0 saturated carbocycles. The molecule has 35 heavy (non-hydrogen) atoms. The molecule has 4 aromatic rings. The molecule has 0 aliphatic carbocycles. The maximum absolute atomic E-state index is 13.0. The van der Waals surface area contributed by atoms with E-state index in [0.717, 1.165) is 23.2 Å². The summed E-state index contributed by atoms with van der Waals surface area (Å²) in [5.41, 5.74) is 0.381. The average Bonchev–Trinajstić information content (AvgIpc) is 3.32. The van der Waals surface area contributed by atoms with E-state index in [1.807, 2.05) is 0 Å². The van der Waals surface area contributed by atoms with Gasteiger partial charge in [-0.25, -0.2) is 0 Å². The molecule has 0 unspecified atom stereocenters. The SMILES string of the molecule is O=[N+]([O-])c1ccc(N2CCN(Cc3nc(-c4cccc(C(F)(F)F)c4)no3)CC2)c2ccncc12. The van der Waals surface area contributed by atoms with Crippen molar-refractivity contribution in [2.24, 2.45) is 0 Å². The lowest BCUT2D eigenvalue weighted by molar-refractivity contribution is -0.383. The van der Waals surface area contributed by atoms with Crippen LogP contribution in [0.25, 0.3) is 22.2 Å². The first kappa shape index (κ1) is 22.7. The molecule has 0 atom stereocenters. The van der Waals surface area contributed by atoms with Gasteiger partial charge >= 0.3 is 6.18 Å². The molecular formula is C23H19F3N6O3. The van der Waals surface area contributed by atoms with Crippen LogP contribution >= 0.6 is 0 Å². The lowest BCUT2D eigenvalue weighted by Gasteiger charge is -2.35. The van der Waals surface area contributed by atoms with Gasteiger partial charge in [-0.05, 0) is 24.3 Å². The summed E-state index contributed by atoms with van der Waals surface area (Å²) in [6, 6.07) is 9.84. The van der Waals surface area contributed by atoms with E-state index in [4.69, 9.17) is 4.52 Å². The minimum Gasteiger partial charge on any atom is -0.368 e. The third-order valence-electron chi connectivity index (χ3n) is 5.96. The van der Waals surface area contributed by atoms with E-state index < -0.39 is 16.7 Å². The molecule has 3 heterocycles. The summed E-state index contributed by atoms with van der Waals surface area (Å²) in [5, 5.41) is 16.5. The summed E-state index contributed by atoms with van der Waals surface area (Å²) in [6.07, 6.45) is -1.33. The van der Waals surface area contributed by atoms with Gasteiger partial charge < -0.3 is 9.42 Å². The average molecular weight is 484 g/mol. The topological polar surface area (TPSA) is 101 Å². The number of pyridine rings is 1. The number of alkyl halides is 3. The Kier molecular flexibility index (Phi) is 5.81. The first-order valence-electron chi connectivity index (χ1n) is 10.8. The molecule has 0 N–H and O–H groups in total. The summed E-state index contributed by atoms with van der Waals surface area (Å²) in [6.45, 7) is 3.05. The van der Waals surface area contributed by atoms with Crippen molar-refractivity contribution in [1.29, 1.82) is 0 Å². The number of nitro groups is 1. The summed E-state index contributed by atoms with van der Waals surface area (Å²) >= 11 is 0. The van der Waals surface area contributed by atoms with E-state index in [0.29, 0.717) is 44.0 Å². The third kappa shape index (κ3) is 4.64. The Bertz CT molecular complexity index is 1380. The number of anilines is 1. The summed E-state index contributed by atoms with van der Waals surface area (Å²) < 4.78 is 44.2. The molecule has 180 valence electrons. The highest BCUT2D eigenvalue weighted by molar-refractivity contribution is 5.99. The number of benzene rings is 2. The van der Waals surface area contributed by atoms with Crippen LogP contribution in [-0.2, 0) is 12.7 Å². The van der Waals surface area contributed by atoms with Crippen LogP contribution in [0.2, 0.25) is 0 Å². The molecule has 1 fully saturated rings. The molecule has 1 saturated heterocycles. The number of nitro benzene ring substituents is 1. The Balaban J connectivity index is 1.26. The predicted octanol–water partition coefficient (Wildman–Crippen LogP) is 4.53. The number of hydrogen-bond acceptors (Lipinski definition) is 8. The van der Waals surface area contributed by atoms with Gasteiger partial charge in [0.25, 0.3) is 5.69 Å². The standard InChI is InChI=1S/C23H19F3N6O3/c24-23(25,26)16-3-1-2-15(12-16)22-28-21(35-29-22)14-30-8-10-31(11-9-30)19-4-5-20(32(33)34)18-13-27-7-6-17(18)19/h1-7,12-13H,8-11,14H2. The minimum atomic E-state index is -4.45. The Labute approximate surface area is 196 Å². The molecule has 0 spiro atoms. The van der Waals surface area contributed by atoms with E-state index >= 15 is 0 Å². The highest BCUT2D eigenvalue weighted by Gasteiger charge is 2.31. The van der Waals surface area contributed by atoms with Crippen molar-refractivity contribution in [2.45, 2.75) is 12.7 Å². The molecule has 1 aliphatic heterocycles. The van der Waals surface area contributed by atoms with Crippen LogP contribution in [0, 0.1) is 10.1 Å². The number of fused-ring (bicyclic) bond motifs is 1. The van der Waals surface area contributed by atoms with E-state index in [1.54, 1.807) is 18.3 Å². The number of piperazine rings is 1. The van der Waals surface area contributed by atoms with Crippen molar-refractivity contribution in [2.75, 3.05) is 31.1 Å². The number of non-ortho nitro benzene ring substituents is 1. The number of rotatable bonds is 5. The second-order valence-electron chi connectivity index (χ2n) is 8.14. The van der Waals surface area contributed by atoms with Gasteiger partial charge in [0.15, 0.2) is 0 Å². The van der Waals surface area contributed by atoms with E-state index in [-0.39, 0.29) is 17.1 Å². The molecule has 2 aromatic heterocycles. The van der Waals surface area contributed by atoms with Crippen LogP contribution < -0.4 is 4.90 Å². The molecule has 1 aliphatic rings. The molecule has 9 nitrogen and oxygen atoms in total. The van der Waals surface area contributed by atoms with Gasteiger partial charge in [0.2, 0.25) is 11.7 Å². The molecule has 0 amide bonds. The van der Waals surface area contributed by atoms with Gasteiger partial charge in [0, 0.05) is 61.3 Å².